The number of halogens is 1. The van der Waals surface area contributed by atoms with E-state index in [2.05, 4.69) is 29.8 Å². The van der Waals surface area contributed by atoms with Crippen LogP contribution in [-0.2, 0) is 10.0 Å². The topological polar surface area (TPSA) is 56.4 Å². The van der Waals surface area contributed by atoms with E-state index in [0.29, 0.717) is 17.9 Å². The fourth-order valence-corrected chi connectivity index (χ4v) is 7.37. The summed E-state index contributed by atoms with van der Waals surface area (Å²) in [6.45, 7) is 11.6. The number of hydrogen-bond acceptors (Lipinski definition) is 3. The van der Waals surface area contributed by atoms with Crippen molar-refractivity contribution in [3.8, 4) is 0 Å². The zero-order valence-corrected chi connectivity index (χ0v) is 22.2. The van der Waals surface area contributed by atoms with E-state index in [9.17, 15) is 8.42 Å². The summed E-state index contributed by atoms with van der Waals surface area (Å²) in [5, 5.41) is 1.86. The van der Waals surface area contributed by atoms with Crippen LogP contribution in [0.25, 0.3) is 16.5 Å². The molecule has 3 aromatic rings. The molecule has 0 saturated carbocycles. The van der Waals surface area contributed by atoms with Gasteiger partial charge in [0.2, 0.25) is 10.0 Å². The molecule has 0 amide bonds. The maximum atomic E-state index is 13.8. The molecule has 1 aromatic heterocycles. The summed E-state index contributed by atoms with van der Waals surface area (Å²) in [5.41, 5.74) is 4.15. The van der Waals surface area contributed by atoms with Crippen LogP contribution in [0.3, 0.4) is 0 Å². The van der Waals surface area contributed by atoms with Gasteiger partial charge in [-0.25, -0.2) is 8.42 Å². The highest BCUT2D eigenvalue weighted by Crippen LogP contribution is 2.36. The minimum Gasteiger partial charge on any atom is -0.358 e. The van der Waals surface area contributed by atoms with Crippen molar-refractivity contribution < 1.29 is 8.42 Å². The van der Waals surface area contributed by atoms with Crippen LogP contribution in [-0.4, -0.2) is 47.4 Å². The molecule has 7 heteroatoms. The van der Waals surface area contributed by atoms with Gasteiger partial charge in [0.25, 0.3) is 0 Å². The number of benzene rings is 2. The summed E-state index contributed by atoms with van der Waals surface area (Å²) < 4.78 is 29.2. The van der Waals surface area contributed by atoms with E-state index < -0.39 is 15.6 Å². The van der Waals surface area contributed by atoms with Crippen molar-refractivity contribution >= 4 is 38.1 Å². The molecule has 0 bridgehead atoms. The number of nitrogens with zero attached hydrogens (tertiary/aromatic N) is 2. The monoisotopic (exact) mass is 499 g/mol. The fourth-order valence-electron chi connectivity index (χ4n) is 5.14. The average molecular weight is 500 g/mol. The molecule has 1 unspecified atom stereocenters. The third-order valence-corrected chi connectivity index (χ3v) is 8.94. The Labute approximate surface area is 208 Å². The highest BCUT2D eigenvalue weighted by molar-refractivity contribution is 7.89. The molecule has 4 rings (SSSR count). The van der Waals surface area contributed by atoms with Crippen molar-refractivity contribution in [3.05, 3.63) is 70.9 Å². The number of aromatic nitrogens is 1. The van der Waals surface area contributed by atoms with Crippen molar-refractivity contribution in [2.75, 3.05) is 13.1 Å². The third kappa shape index (κ3) is 4.69. The van der Waals surface area contributed by atoms with E-state index in [4.69, 9.17) is 11.6 Å². The highest BCUT2D eigenvalue weighted by Gasteiger charge is 2.41. The molecule has 0 spiro atoms. The first kappa shape index (κ1) is 25.0. The van der Waals surface area contributed by atoms with E-state index in [1.54, 1.807) is 28.6 Å². The first-order valence-electron chi connectivity index (χ1n) is 11.8. The van der Waals surface area contributed by atoms with Gasteiger partial charge in [-0.1, -0.05) is 42.8 Å². The normalized spacial score (nSPS) is 16.7. The van der Waals surface area contributed by atoms with E-state index in [-0.39, 0.29) is 6.17 Å². The molecule has 5 nitrogen and oxygen atoms in total. The third-order valence-electron chi connectivity index (χ3n) is 6.53. The number of aryl methyl sites for hydroxylation is 1. The molecule has 0 fully saturated rings. The van der Waals surface area contributed by atoms with Crippen LogP contribution in [0, 0.1) is 6.92 Å². The largest absolute Gasteiger partial charge is 0.358 e. The quantitative estimate of drug-likeness (QED) is 0.424. The molecule has 2 aromatic carbocycles. The van der Waals surface area contributed by atoms with Gasteiger partial charge in [0.05, 0.1) is 11.1 Å². The highest BCUT2D eigenvalue weighted by atomic mass is 35.5. The standard InChI is InChI=1S/C27H34ClN3O2S/c1-6-25(31(27(3,4)5)34(32,33)22-10-8-7-9-11-22)30-16-14-20(15-17-30)26-19(2)29-24-13-12-21(28)18-23(24)26/h7-14,18,25,29H,6,15-17H2,1-5H3. The molecule has 1 atom stereocenters. The zero-order valence-electron chi connectivity index (χ0n) is 20.6. The van der Waals surface area contributed by atoms with Crippen LogP contribution in [0.15, 0.2) is 59.5 Å². The summed E-state index contributed by atoms with van der Waals surface area (Å²) in [6, 6.07) is 14.7. The molecule has 1 aliphatic heterocycles. The Balaban J connectivity index is 1.67. The molecule has 0 radical (unpaired) electrons. The van der Waals surface area contributed by atoms with Gasteiger partial charge in [-0.05, 0) is 76.4 Å². The first-order chi connectivity index (χ1) is 16.0. The average Bonchev–Trinajstić information content (AvgIpc) is 3.12. The Morgan fingerprint density at radius 2 is 1.85 bits per heavy atom. The second-order valence-electron chi connectivity index (χ2n) is 9.96. The number of sulfonamides is 1. The summed E-state index contributed by atoms with van der Waals surface area (Å²) in [7, 11) is -3.67. The summed E-state index contributed by atoms with van der Waals surface area (Å²) in [4.78, 5) is 6.09. The maximum Gasteiger partial charge on any atom is 0.244 e. The number of hydrogen-bond donors (Lipinski definition) is 1. The maximum absolute atomic E-state index is 13.8. The molecule has 182 valence electrons. The minimum absolute atomic E-state index is 0.235. The van der Waals surface area contributed by atoms with Crippen molar-refractivity contribution in [1.82, 2.24) is 14.2 Å². The van der Waals surface area contributed by atoms with Crippen LogP contribution in [0.4, 0.5) is 0 Å². The van der Waals surface area contributed by atoms with Gasteiger partial charge >= 0.3 is 0 Å². The van der Waals surface area contributed by atoms with Crippen molar-refractivity contribution in [1.29, 1.82) is 0 Å². The lowest BCUT2D eigenvalue weighted by atomic mass is 9.96. The van der Waals surface area contributed by atoms with Crippen LogP contribution in [0.2, 0.25) is 5.02 Å². The van der Waals surface area contributed by atoms with Crippen LogP contribution in [0.1, 0.15) is 51.8 Å². The van der Waals surface area contributed by atoms with E-state index in [0.717, 1.165) is 34.6 Å². The SMILES string of the molecule is CCC(N1CC=C(c2c(C)[nH]c3ccc(Cl)cc23)CC1)N(C(C)(C)C)S(=O)(=O)c1ccccc1. The Morgan fingerprint density at radius 1 is 1.15 bits per heavy atom. The Kier molecular flexibility index (Phi) is 6.98. The summed E-state index contributed by atoms with van der Waals surface area (Å²) in [6.07, 6.45) is 3.56. The second-order valence-corrected chi connectivity index (χ2v) is 12.2. The Morgan fingerprint density at radius 3 is 2.44 bits per heavy atom. The number of aromatic amines is 1. The number of fused-ring (bicyclic) bond motifs is 1. The Hall–Kier alpha value is -2.12. The zero-order chi connectivity index (χ0) is 24.7. The first-order valence-corrected chi connectivity index (χ1v) is 13.7. The summed E-state index contributed by atoms with van der Waals surface area (Å²) in [5.74, 6) is 0. The van der Waals surface area contributed by atoms with Gasteiger partial charge in [0, 0.05) is 45.8 Å². The lowest BCUT2D eigenvalue weighted by Gasteiger charge is -2.45. The van der Waals surface area contributed by atoms with Crippen LogP contribution in [0.5, 0.6) is 0 Å². The van der Waals surface area contributed by atoms with Crippen LogP contribution < -0.4 is 0 Å². The molecule has 34 heavy (non-hydrogen) atoms. The lowest BCUT2D eigenvalue weighted by Crippen LogP contribution is -2.58. The molecular weight excluding hydrogens is 466 g/mol. The van der Waals surface area contributed by atoms with E-state index >= 15 is 0 Å². The fraction of sp³-hybridized carbons (Fsp3) is 0.407. The van der Waals surface area contributed by atoms with Gasteiger partial charge in [0.1, 0.15) is 0 Å². The van der Waals surface area contributed by atoms with E-state index in [1.165, 1.54) is 11.1 Å². The van der Waals surface area contributed by atoms with Gasteiger partial charge in [-0.3, -0.25) is 4.90 Å². The molecule has 0 saturated heterocycles. The second kappa shape index (κ2) is 9.50. The molecule has 0 aliphatic carbocycles. The molecule has 1 aliphatic rings. The predicted molar refractivity (Wildman–Crippen MR) is 142 cm³/mol. The van der Waals surface area contributed by atoms with Crippen molar-refractivity contribution in [3.63, 3.8) is 0 Å². The van der Waals surface area contributed by atoms with Gasteiger partial charge in [-0.2, -0.15) is 4.31 Å². The molecular formula is C27H34ClN3O2S. The van der Waals surface area contributed by atoms with E-state index in [1.807, 2.05) is 45.0 Å². The van der Waals surface area contributed by atoms with Gasteiger partial charge in [0.15, 0.2) is 0 Å². The number of rotatable bonds is 6. The lowest BCUT2D eigenvalue weighted by molar-refractivity contribution is 0.0548. The predicted octanol–water partition coefficient (Wildman–Crippen LogP) is 6.44. The van der Waals surface area contributed by atoms with Gasteiger partial charge < -0.3 is 4.98 Å². The van der Waals surface area contributed by atoms with Gasteiger partial charge in [-0.15, -0.1) is 0 Å². The molecule has 1 N–H and O–H groups in total. The summed E-state index contributed by atoms with van der Waals surface area (Å²) >= 11 is 6.29. The van der Waals surface area contributed by atoms with Crippen LogP contribution >= 0.6 is 11.6 Å². The van der Waals surface area contributed by atoms with Crippen molar-refractivity contribution in [2.45, 2.75) is 64.1 Å². The molecule has 2 heterocycles. The number of nitrogens with one attached hydrogen (secondary N) is 1. The number of H-pyrrole nitrogens is 1. The van der Waals surface area contributed by atoms with Crippen molar-refractivity contribution in [2.24, 2.45) is 0 Å². The Bertz CT molecular complexity index is 1310. The minimum atomic E-state index is -3.67. The smallest absolute Gasteiger partial charge is 0.244 e.